The monoisotopic (exact) mass is 419 g/mol. The maximum absolute atomic E-state index is 6.22. The molecule has 0 saturated heterocycles. The largest absolute Gasteiger partial charge is 0.455 e. The summed E-state index contributed by atoms with van der Waals surface area (Å²) in [6.07, 6.45) is 1.99. The fraction of sp³-hybridized carbons (Fsp3) is 0.107. The Hall–Kier alpha value is -3.43. The SMILES string of the molecule is CC(C)c1ccc(-c2cc3cc(-c4cccc5c4oc4ccccc45)ncc3s2)cc1. The highest BCUT2D eigenvalue weighted by Crippen LogP contribution is 2.38. The number of benzene rings is 3. The van der Waals surface area contributed by atoms with Crippen molar-refractivity contribution >= 4 is 43.4 Å². The summed E-state index contributed by atoms with van der Waals surface area (Å²) in [6.45, 7) is 4.45. The molecule has 3 heterocycles. The second kappa shape index (κ2) is 7.07. The molecule has 0 unspecified atom stereocenters. The van der Waals surface area contributed by atoms with Crippen LogP contribution in [0.3, 0.4) is 0 Å². The average Bonchev–Trinajstić information content (AvgIpc) is 3.40. The predicted molar refractivity (Wildman–Crippen MR) is 132 cm³/mol. The van der Waals surface area contributed by atoms with E-state index in [1.807, 2.05) is 18.3 Å². The minimum absolute atomic E-state index is 0.546. The van der Waals surface area contributed by atoms with E-state index < -0.39 is 0 Å². The molecule has 150 valence electrons. The molecule has 0 aliphatic rings. The molecule has 6 rings (SSSR count). The van der Waals surface area contributed by atoms with Crippen molar-refractivity contribution in [1.29, 1.82) is 0 Å². The van der Waals surface area contributed by atoms with Crippen LogP contribution in [0.5, 0.6) is 0 Å². The van der Waals surface area contributed by atoms with Gasteiger partial charge in [0.2, 0.25) is 0 Å². The van der Waals surface area contributed by atoms with Gasteiger partial charge < -0.3 is 4.42 Å². The molecule has 0 atom stereocenters. The number of hydrogen-bond donors (Lipinski definition) is 0. The highest BCUT2D eigenvalue weighted by atomic mass is 32.1. The normalized spacial score (nSPS) is 11.8. The Balaban J connectivity index is 1.46. The second-order valence-electron chi connectivity index (χ2n) is 8.28. The minimum Gasteiger partial charge on any atom is -0.455 e. The van der Waals surface area contributed by atoms with Gasteiger partial charge in [0.1, 0.15) is 11.2 Å². The van der Waals surface area contributed by atoms with Gasteiger partial charge >= 0.3 is 0 Å². The van der Waals surface area contributed by atoms with Crippen molar-refractivity contribution in [2.45, 2.75) is 19.8 Å². The molecule has 0 fully saturated rings. The molecule has 0 aliphatic carbocycles. The molecule has 6 aromatic rings. The zero-order valence-electron chi connectivity index (χ0n) is 17.4. The zero-order valence-corrected chi connectivity index (χ0v) is 18.2. The van der Waals surface area contributed by atoms with Gasteiger partial charge in [-0.05, 0) is 46.7 Å². The fourth-order valence-electron chi connectivity index (χ4n) is 4.22. The van der Waals surface area contributed by atoms with Crippen LogP contribution in [0.4, 0.5) is 0 Å². The molecular formula is C28H21NOS. The lowest BCUT2D eigenvalue weighted by Crippen LogP contribution is -1.85. The molecule has 31 heavy (non-hydrogen) atoms. The third-order valence-corrected chi connectivity index (χ3v) is 7.08. The fourth-order valence-corrected chi connectivity index (χ4v) is 5.23. The second-order valence-corrected chi connectivity index (χ2v) is 9.36. The van der Waals surface area contributed by atoms with E-state index in [0.717, 1.165) is 33.2 Å². The summed E-state index contributed by atoms with van der Waals surface area (Å²) >= 11 is 1.79. The van der Waals surface area contributed by atoms with Crippen molar-refractivity contribution in [2.24, 2.45) is 0 Å². The van der Waals surface area contributed by atoms with Crippen LogP contribution in [-0.2, 0) is 0 Å². The maximum Gasteiger partial charge on any atom is 0.144 e. The van der Waals surface area contributed by atoms with Gasteiger partial charge in [0.25, 0.3) is 0 Å². The molecule has 0 bridgehead atoms. The highest BCUT2D eigenvalue weighted by molar-refractivity contribution is 7.22. The van der Waals surface area contributed by atoms with Crippen molar-refractivity contribution in [3.63, 3.8) is 0 Å². The van der Waals surface area contributed by atoms with E-state index in [-0.39, 0.29) is 0 Å². The lowest BCUT2D eigenvalue weighted by Gasteiger charge is -2.05. The summed E-state index contributed by atoms with van der Waals surface area (Å²) in [5, 5.41) is 3.49. The predicted octanol–water partition coefficient (Wildman–Crippen LogP) is 8.65. The summed E-state index contributed by atoms with van der Waals surface area (Å²) < 4.78 is 7.42. The lowest BCUT2D eigenvalue weighted by molar-refractivity contribution is 0.670. The number of aromatic nitrogens is 1. The van der Waals surface area contributed by atoms with Gasteiger partial charge in [0, 0.05) is 27.4 Å². The van der Waals surface area contributed by atoms with Crippen molar-refractivity contribution in [1.82, 2.24) is 4.98 Å². The van der Waals surface area contributed by atoms with Crippen LogP contribution in [0.15, 0.2) is 89.5 Å². The number of thiophene rings is 1. The van der Waals surface area contributed by atoms with Crippen LogP contribution in [0.1, 0.15) is 25.3 Å². The van der Waals surface area contributed by atoms with Gasteiger partial charge in [-0.1, -0.05) is 68.4 Å². The van der Waals surface area contributed by atoms with Crippen LogP contribution in [0, 0.1) is 0 Å². The van der Waals surface area contributed by atoms with Crippen molar-refractivity contribution < 1.29 is 4.42 Å². The average molecular weight is 420 g/mol. The smallest absolute Gasteiger partial charge is 0.144 e. The van der Waals surface area contributed by atoms with Gasteiger partial charge in [0.05, 0.1) is 10.4 Å². The van der Waals surface area contributed by atoms with Crippen molar-refractivity contribution in [3.05, 3.63) is 90.6 Å². The Morgan fingerprint density at radius 1 is 0.839 bits per heavy atom. The Morgan fingerprint density at radius 2 is 1.65 bits per heavy atom. The Labute approximate surface area is 184 Å². The number of hydrogen-bond acceptors (Lipinski definition) is 3. The van der Waals surface area contributed by atoms with Crippen LogP contribution in [-0.4, -0.2) is 4.98 Å². The number of fused-ring (bicyclic) bond motifs is 4. The van der Waals surface area contributed by atoms with Gasteiger partial charge in [0.15, 0.2) is 0 Å². The molecule has 3 aromatic heterocycles. The first-order valence-corrected chi connectivity index (χ1v) is 11.4. The van der Waals surface area contributed by atoms with E-state index in [0.29, 0.717) is 5.92 Å². The van der Waals surface area contributed by atoms with Crippen LogP contribution < -0.4 is 0 Å². The maximum atomic E-state index is 6.22. The van der Waals surface area contributed by atoms with Crippen molar-refractivity contribution in [2.75, 3.05) is 0 Å². The van der Waals surface area contributed by atoms with Crippen LogP contribution in [0.25, 0.3) is 53.7 Å². The summed E-state index contributed by atoms with van der Waals surface area (Å²) in [4.78, 5) is 6.06. The number of rotatable bonds is 3. The Morgan fingerprint density at radius 3 is 2.48 bits per heavy atom. The molecule has 0 saturated carbocycles. The van der Waals surface area contributed by atoms with Gasteiger partial charge in [-0.15, -0.1) is 11.3 Å². The van der Waals surface area contributed by atoms with E-state index in [4.69, 9.17) is 9.40 Å². The quantitative estimate of drug-likeness (QED) is 0.287. The van der Waals surface area contributed by atoms with Gasteiger partial charge in [-0.2, -0.15) is 0 Å². The Kier molecular flexibility index (Phi) is 4.18. The van der Waals surface area contributed by atoms with E-state index >= 15 is 0 Å². The van der Waals surface area contributed by atoms with E-state index in [1.54, 1.807) is 11.3 Å². The van der Waals surface area contributed by atoms with Gasteiger partial charge in [-0.3, -0.25) is 4.98 Å². The number of para-hydroxylation sites is 2. The van der Waals surface area contributed by atoms with Crippen molar-refractivity contribution in [3.8, 4) is 21.7 Å². The number of nitrogens with zero attached hydrogens (tertiary/aromatic N) is 1. The summed E-state index contributed by atoms with van der Waals surface area (Å²) in [7, 11) is 0. The molecule has 3 aromatic carbocycles. The number of pyridine rings is 1. The first-order valence-electron chi connectivity index (χ1n) is 10.6. The lowest BCUT2D eigenvalue weighted by atomic mass is 10.0. The van der Waals surface area contributed by atoms with Gasteiger partial charge in [-0.25, -0.2) is 0 Å². The third-order valence-electron chi connectivity index (χ3n) is 5.95. The first kappa shape index (κ1) is 18.3. The topological polar surface area (TPSA) is 26.0 Å². The third kappa shape index (κ3) is 3.05. The molecule has 3 heteroatoms. The summed E-state index contributed by atoms with van der Waals surface area (Å²) in [5.74, 6) is 0.546. The van der Waals surface area contributed by atoms with Crippen LogP contribution >= 0.6 is 11.3 Å². The molecule has 0 amide bonds. The summed E-state index contributed by atoms with van der Waals surface area (Å²) in [6, 6.07) is 27.9. The molecule has 0 spiro atoms. The minimum atomic E-state index is 0.546. The highest BCUT2D eigenvalue weighted by Gasteiger charge is 2.14. The summed E-state index contributed by atoms with van der Waals surface area (Å²) in [5.41, 5.74) is 6.41. The molecule has 0 radical (unpaired) electrons. The first-order chi connectivity index (χ1) is 15.2. The standard InChI is InChI=1S/C28H21NOS/c1-17(2)18-10-12-19(13-11-18)26-15-20-14-24(29-16-27(20)31-26)23-8-5-7-22-21-6-3-4-9-25(21)30-28(22)23/h3-17H,1-2H3. The molecule has 0 N–H and O–H groups in total. The molecule has 0 aliphatic heterocycles. The zero-order chi connectivity index (χ0) is 20.9. The Bertz CT molecular complexity index is 1550. The van der Waals surface area contributed by atoms with E-state index in [2.05, 4.69) is 80.6 Å². The molecular weight excluding hydrogens is 398 g/mol. The van der Waals surface area contributed by atoms with E-state index in [1.165, 1.54) is 26.1 Å². The molecule has 2 nitrogen and oxygen atoms in total. The van der Waals surface area contributed by atoms with E-state index in [9.17, 15) is 0 Å². The number of furan rings is 1. The van der Waals surface area contributed by atoms with Crippen LogP contribution in [0.2, 0.25) is 0 Å².